The predicted octanol–water partition coefficient (Wildman–Crippen LogP) is 0.548. The Kier molecular flexibility index (Phi) is 7.80. The number of ether oxygens (including phenoxy) is 1. The normalized spacial score (nSPS) is 10.7. The molecule has 0 amide bonds. The van der Waals surface area contributed by atoms with Gasteiger partial charge in [0.25, 0.3) is 0 Å². The molecule has 3 rings (SSSR count). The Balaban J connectivity index is 0.00000243. The van der Waals surface area contributed by atoms with E-state index < -0.39 is 7.26 Å². The maximum Gasteiger partial charge on any atom is 0.345 e. The fourth-order valence-electron chi connectivity index (χ4n) is 3.17. The lowest BCUT2D eigenvalue weighted by Crippen LogP contribution is -3.00. The highest BCUT2D eigenvalue weighted by Crippen LogP contribution is 2.55. The van der Waals surface area contributed by atoms with Gasteiger partial charge in [0.2, 0.25) is 0 Å². The molecule has 0 bridgehead atoms. The number of carbonyl (C=O) groups is 1. The number of rotatable bonds is 6. The van der Waals surface area contributed by atoms with Gasteiger partial charge in [-0.25, -0.2) is 4.79 Å². The first-order valence-electron chi connectivity index (χ1n) is 8.48. The van der Waals surface area contributed by atoms with E-state index >= 15 is 0 Å². The molecule has 0 fully saturated rings. The number of halogens is 1. The molecule has 0 N–H and O–H groups in total. The lowest BCUT2D eigenvalue weighted by atomic mass is 10.4. The molecule has 0 aliphatic heterocycles. The average Bonchev–Trinajstić information content (AvgIpc) is 2.68. The Bertz CT molecular complexity index is 711. The van der Waals surface area contributed by atoms with E-state index in [2.05, 4.69) is 36.4 Å². The molecule has 0 aliphatic rings. The summed E-state index contributed by atoms with van der Waals surface area (Å²) in [6.07, 6.45) is 0.374. The van der Waals surface area contributed by atoms with Gasteiger partial charge in [-0.3, -0.25) is 0 Å². The van der Waals surface area contributed by atoms with Crippen molar-refractivity contribution in [2.45, 2.75) is 6.92 Å². The van der Waals surface area contributed by atoms with Gasteiger partial charge in [-0.05, 0) is 43.3 Å². The van der Waals surface area contributed by atoms with Crippen LogP contribution in [0.15, 0.2) is 91.0 Å². The first kappa shape index (κ1) is 20.6. The van der Waals surface area contributed by atoms with Crippen LogP contribution in [0.2, 0.25) is 0 Å². The maximum atomic E-state index is 12.6. The molecule has 0 saturated heterocycles. The van der Waals surface area contributed by atoms with Crippen LogP contribution in [0.5, 0.6) is 0 Å². The average molecular weight is 476 g/mol. The summed E-state index contributed by atoms with van der Waals surface area (Å²) in [5.41, 5.74) is 0. The highest BCUT2D eigenvalue weighted by atomic mass is 127. The standard InChI is InChI=1S/C22H22O2P.HI/c1-2-24-22(23)18-25(19-12-6-3-7-13-19,20-14-8-4-9-15-20)21-16-10-5-11-17-21;/h3-17H,2,18H2,1H3;1H/q+1;/p-1. The summed E-state index contributed by atoms with van der Waals surface area (Å²) < 4.78 is 5.35. The molecule has 0 saturated carbocycles. The summed E-state index contributed by atoms with van der Waals surface area (Å²) in [7, 11) is -2.11. The van der Waals surface area contributed by atoms with Crippen LogP contribution in [0, 0.1) is 0 Å². The Labute approximate surface area is 173 Å². The summed E-state index contributed by atoms with van der Waals surface area (Å²) in [6, 6.07) is 31.1. The van der Waals surface area contributed by atoms with Crippen molar-refractivity contribution in [3.8, 4) is 0 Å². The lowest BCUT2D eigenvalue weighted by molar-refractivity contribution is -0.139. The quantitative estimate of drug-likeness (QED) is 0.295. The molecule has 0 atom stereocenters. The van der Waals surface area contributed by atoms with E-state index in [0.717, 1.165) is 0 Å². The van der Waals surface area contributed by atoms with Crippen molar-refractivity contribution in [3.63, 3.8) is 0 Å². The van der Waals surface area contributed by atoms with Crippen LogP contribution in [-0.4, -0.2) is 18.7 Å². The van der Waals surface area contributed by atoms with Gasteiger partial charge in [-0.2, -0.15) is 0 Å². The van der Waals surface area contributed by atoms with Gasteiger partial charge in [0.1, 0.15) is 23.2 Å². The zero-order valence-electron chi connectivity index (χ0n) is 14.7. The predicted molar refractivity (Wildman–Crippen MR) is 107 cm³/mol. The highest BCUT2D eigenvalue weighted by molar-refractivity contribution is 7.96. The number of hydrogen-bond donors (Lipinski definition) is 0. The molecule has 0 spiro atoms. The maximum absolute atomic E-state index is 12.6. The third-order valence-corrected chi connectivity index (χ3v) is 8.53. The molecule has 3 aromatic rings. The highest BCUT2D eigenvalue weighted by Gasteiger charge is 2.47. The Morgan fingerprint density at radius 2 is 1.08 bits per heavy atom. The minimum Gasteiger partial charge on any atom is -1.00 e. The summed E-state index contributed by atoms with van der Waals surface area (Å²) in [6.45, 7) is 2.25. The van der Waals surface area contributed by atoms with Crippen LogP contribution in [0.25, 0.3) is 0 Å². The van der Waals surface area contributed by atoms with Crippen LogP contribution >= 0.6 is 7.26 Å². The zero-order valence-corrected chi connectivity index (χ0v) is 17.8. The van der Waals surface area contributed by atoms with Gasteiger partial charge in [-0.15, -0.1) is 0 Å². The Morgan fingerprint density at radius 3 is 1.38 bits per heavy atom. The smallest absolute Gasteiger partial charge is 0.345 e. The fraction of sp³-hybridized carbons (Fsp3) is 0.136. The molecule has 0 aliphatic carbocycles. The van der Waals surface area contributed by atoms with E-state index in [1.54, 1.807) is 0 Å². The van der Waals surface area contributed by atoms with E-state index in [9.17, 15) is 4.79 Å². The third-order valence-electron chi connectivity index (χ3n) is 4.26. The van der Waals surface area contributed by atoms with Crippen LogP contribution in [0.3, 0.4) is 0 Å². The number of esters is 1. The van der Waals surface area contributed by atoms with E-state index in [4.69, 9.17) is 4.74 Å². The van der Waals surface area contributed by atoms with Crippen molar-refractivity contribution in [2.75, 3.05) is 12.8 Å². The molecule has 0 aromatic heterocycles. The first-order valence-corrected chi connectivity index (χ1v) is 10.5. The summed E-state index contributed by atoms with van der Waals surface area (Å²) in [5, 5.41) is 3.58. The lowest BCUT2D eigenvalue weighted by Gasteiger charge is -2.26. The van der Waals surface area contributed by atoms with Crippen molar-refractivity contribution < 1.29 is 33.5 Å². The second-order valence-corrected chi connectivity index (χ2v) is 9.26. The van der Waals surface area contributed by atoms with Gasteiger partial charge in [0.05, 0.1) is 6.61 Å². The van der Waals surface area contributed by atoms with Crippen molar-refractivity contribution in [3.05, 3.63) is 91.0 Å². The number of carbonyl (C=O) groups excluding carboxylic acids is 1. The zero-order chi connectivity index (χ0) is 17.5. The Morgan fingerprint density at radius 1 is 0.731 bits per heavy atom. The van der Waals surface area contributed by atoms with Crippen molar-refractivity contribution >= 4 is 29.1 Å². The van der Waals surface area contributed by atoms with Gasteiger partial charge in [0.15, 0.2) is 6.16 Å². The fourth-order valence-corrected chi connectivity index (χ4v) is 7.13. The van der Waals surface area contributed by atoms with Crippen molar-refractivity contribution in [2.24, 2.45) is 0 Å². The molecule has 0 radical (unpaired) electrons. The second-order valence-electron chi connectivity index (χ2n) is 5.78. The van der Waals surface area contributed by atoms with Crippen LogP contribution in [0.4, 0.5) is 0 Å². The minimum absolute atomic E-state index is 0. The SMILES string of the molecule is CCOC(=O)C[P+](c1ccccc1)(c1ccccc1)c1ccccc1.[I-]. The second kappa shape index (κ2) is 9.84. The summed E-state index contributed by atoms with van der Waals surface area (Å²) >= 11 is 0. The topological polar surface area (TPSA) is 26.3 Å². The number of hydrogen-bond acceptors (Lipinski definition) is 2. The molecule has 0 unspecified atom stereocenters. The van der Waals surface area contributed by atoms with Gasteiger partial charge in [-0.1, -0.05) is 54.6 Å². The third kappa shape index (κ3) is 4.33. The molecular weight excluding hydrogens is 454 g/mol. The van der Waals surface area contributed by atoms with Gasteiger partial charge in [0, 0.05) is 0 Å². The van der Waals surface area contributed by atoms with Gasteiger partial charge < -0.3 is 28.7 Å². The molecule has 4 heteroatoms. The van der Waals surface area contributed by atoms with Crippen molar-refractivity contribution in [1.29, 1.82) is 0 Å². The largest absolute Gasteiger partial charge is 1.00 e. The van der Waals surface area contributed by atoms with Crippen LogP contribution < -0.4 is 39.9 Å². The van der Waals surface area contributed by atoms with Gasteiger partial charge >= 0.3 is 5.97 Å². The molecule has 26 heavy (non-hydrogen) atoms. The monoisotopic (exact) mass is 476 g/mol. The van der Waals surface area contributed by atoms with E-state index in [0.29, 0.717) is 12.8 Å². The summed E-state index contributed by atoms with van der Waals surface area (Å²) in [4.78, 5) is 12.6. The minimum atomic E-state index is -2.11. The van der Waals surface area contributed by atoms with Crippen LogP contribution in [-0.2, 0) is 9.53 Å². The molecule has 3 aromatic carbocycles. The molecule has 2 nitrogen and oxygen atoms in total. The van der Waals surface area contributed by atoms with E-state index in [1.807, 2.05) is 61.5 Å². The Hall–Kier alpha value is -1.71. The summed E-state index contributed by atoms with van der Waals surface area (Å²) in [5.74, 6) is -0.146. The first-order chi connectivity index (χ1) is 12.3. The molecular formula is C22H22IO2P. The van der Waals surface area contributed by atoms with Crippen molar-refractivity contribution in [1.82, 2.24) is 0 Å². The molecule has 134 valence electrons. The molecule has 0 heterocycles. The number of benzene rings is 3. The van der Waals surface area contributed by atoms with Crippen LogP contribution in [0.1, 0.15) is 6.92 Å². The van der Waals surface area contributed by atoms with E-state index in [-0.39, 0.29) is 29.9 Å². The van der Waals surface area contributed by atoms with E-state index in [1.165, 1.54) is 15.9 Å².